The van der Waals surface area contributed by atoms with Gasteiger partial charge in [0, 0.05) is 0 Å². The van der Waals surface area contributed by atoms with E-state index in [1.54, 1.807) is 30.3 Å². The molecule has 0 aliphatic carbocycles. The van der Waals surface area contributed by atoms with E-state index in [2.05, 4.69) is 13.5 Å². The fourth-order valence-corrected chi connectivity index (χ4v) is 1.79. The van der Waals surface area contributed by atoms with Crippen molar-refractivity contribution in [3.8, 4) is 0 Å². The molecule has 0 radical (unpaired) electrons. The van der Waals surface area contributed by atoms with Crippen LogP contribution in [0.5, 0.6) is 0 Å². The number of benzene rings is 1. The Morgan fingerprint density at radius 1 is 1.25 bits per heavy atom. The SMILES string of the molecule is C=C(C(=O)O)C(CCCCC)OC(=O)c1ccccc1. The monoisotopic (exact) mass is 276 g/mol. The number of carbonyl (C=O) groups is 2. The molecule has 1 aromatic carbocycles. The van der Waals surface area contributed by atoms with Gasteiger partial charge in [0.15, 0.2) is 0 Å². The lowest BCUT2D eigenvalue weighted by Gasteiger charge is -2.17. The van der Waals surface area contributed by atoms with Crippen LogP contribution in [0.2, 0.25) is 0 Å². The van der Waals surface area contributed by atoms with Gasteiger partial charge in [-0.2, -0.15) is 0 Å². The minimum absolute atomic E-state index is 0.0783. The van der Waals surface area contributed by atoms with Gasteiger partial charge in [-0.05, 0) is 25.0 Å². The predicted octanol–water partition coefficient (Wildman–Crippen LogP) is 3.43. The van der Waals surface area contributed by atoms with E-state index in [-0.39, 0.29) is 5.57 Å². The summed E-state index contributed by atoms with van der Waals surface area (Å²) < 4.78 is 5.29. The third-order valence-electron chi connectivity index (χ3n) is 2.99. The van der Waals surface area contributed by atoms with E-state index in [1.165, 1.54) is 0 Å². The smallest absolute Gasteiger partial charge is 0.338 e. The molecule has 0 spiro atoms. The van der Waals surface area contributed by atoms with Gasteiger partial charge in [0.05, 0.1) is 11.1 Å². The summed E-state index contributed by atoms with van der Waals surface area (Å²) in [7, 11) is 0. The molecule has 1 rings (SSSR count). The van der Waals surface area contributed by atoms with E-state index in [9.17, 15) is 9.59 Å². The molecular formula is C16H20O4. The number of ether oxygens (including phenoxy) is 1. The maximum atomic E-state index is 12.0. The fourth-order valence-electron chi connectivity index (χ4n) is 1.79. The maximum Gasteiger partial charge on any atom is 0.338 e. The first kappa shape index (κ1) is 16.0. The molecule has 0 fully saturated rings. The largest absolute Gasteiger partial charge is 0.478 e. The van der Waals surface area contributed by atoms with Crippen molar-refractivity contribution in [2.24, 2.45) is 0 Å². The van der Waals surface area contributed by atoms with Gasteiger partial charge in [-0.15, -0.1) is 0 Å². The van der Waals surface area contributed by atoms with Gasteiger partial charge >= 0.3 is 11.9 Å². The van der Waals surface area contributed by atoms with Crippen molar-refractivity contribution in [1.82, 2.24) is 0 Å². The number of unbranched alkanes of at least 4 members (excludes halogenated alkanes) is 2. The lowest BCUT2D eigenvalue weighted by molar-refractivity contribution is -0.133. The van der Waals surface area contributed by atoms with Crippen molar-refractivity contribution in [2.45, 2.75) is 38.7 Å². The van der Waals surface area contributed by atoms with Gasteiger partial charge in [-0.25, -0.2) is 9.59 Å². The lowest BCUT2D eigenvalue weighted by Crippen LogP contribution is -2.24. The quantitative estimate of drug-likeness (QED) is 0.449. The zero-order valence-corrected chi connectivity index (χ0v) is 11.7. The van der Waals surface area contributed by atoms with E-state index >= 15 is 0 Å². The van der Waals surface area contributed by atoms with Crippen LogP contribution < -0.4 is 0 Å². The van der Waals surface area contributed by atoms with Crippen LogP contribution in [0.4, 0.5) is 0 Å². The second-order valence-electron chi connectivity index (χ2n) is 4.59. The van der Waals surface area contributed by atoms with E-state index in [4.69, 9.17) is 9.84 Å². The van der Waals surface area contributed by atoms with Crippen molar-refractivity contribution in [1.29, 1.82) is 0 Å². The first-order valence-corrected chi connectivity index (χ1v) is 6.74. The molecular weight excluding hydrogens is 256 g/mol. The molecule has 20 heavy (non-hydrogen) atoms. The van der Waals surface area contributed by atoms with Crippen LogP contribution in [0.1, 0.15) is 43.0 Å². The number of hydrogen-bond donors (Lipinski definition) is 1. The highest BCUT2D eigenvalue weighted by molar-refractivity contribution is 5.91. The zero-order valence-electron chi connectivity index (χ0n) is 11.7. The third-order valence-corrected chi connectivity index (χ3v) is 2.99. The lowest BCUT2D eigenvalue weighted by atomic mass is 10.0. The number of carbonyl (C=O) groups excluding carboxylic acids is 1. The molecule has 1 N–H and O–H groups in total. The molecule has 0 aromatic heterocycles. The Balaban J connectivity index is 2.71. The average Bonchev–Trinajstić information content (AvgIpc) is 2.46. The summed E-state index contributed by atoms with van der Waals surface area (Å²) in [6.45, 7) is 5.56. The maximum absolute atomic E-state index is 12.0. The number of hydrogen-bond acceptors (Lipinski definition) is 3. The molecule has 0 amide bonds. The van der Waals surface area contributed by atoms with Crippen molar-refractivity contribution in [3.63, 3.8) is 0 Å². The number of aliphatic carboxylic acids is 1. The van der Waals surface area contributed by atoms with Gasteiger partial charge in [-0.1, -0.05) is 44.5 Å². The normalized spacial score (nSPS) is 11.7. The topological polar surface area (TPSA) is 63.6 Å². The van der Waals surface area contributed by atoms with Crippen molar-refractivity contribution >= 4 is 11.9 Å². The third kappa shape index (κ3) is 4.88. The standard InChI is InChI=1S/C16H20O4/c1-3-4-6-11-14(12(2)15(17)18)20-16(19)13-9-7-5-8-10-13/h5,7-10,14H,2-4,6,11H2,1H3,(H,17,18). The highest BCUT2D eigenvalue weighted by Gasteiger charge is 2.22. The van der Waals surface area contributed by atoms with E-state index < -0.39 is 18.0 Å². The molecule has 4 nitrogen and oxygen atoms in total. The van der Waals surface area contributed by atoms with Crippen LogP contribution in [0.25, 0.3) is 0 Å². The molecule has 0 bridgehead atoms. The molecule has 108 valence electrons. The molecule has 4 heteroatoms. The summed E-state index contributed by atoms with van der Waals surface area (Å²) in [5.74, 6) is -1.65. The fraction of sp³-hybridized carbons (Fsp3) is 0.375. The first-order chi connectivity index (χ1) is 9.56. The van der Waals surface area contributed by atoms with Crippen LogP contribution in [0, 0.1) is 0 Å². The van der Waals surface area contributed by atoms with Crippen LogP contribution in [-0.2, 0) is 9.53 Å². The average molecular weight is 276 g/mol. The Bertz CT molecular complexity index is 465. The Morgan fingerprint density at radius 3 is 2.45 bits per heavy atom. The van der Waals surface area contributed by atoms with Gasteiger partial charge in [0.2, 0.25) is 0 Å². The Morgan fingerprint density at radius 2 is 1.90 bits per heavy atom. The van der Waals surface area contributed by atoms with Crippen LogP contribution >= 0.6 is 0 Å². The molecule has 1 unspecified atom stereocenters. The van der Waals surface area contributed by atoms with Gasteiger partial charge in [0.25, 0.3) is 0 Å². The van der Waals surface area contributed by atoms with E-state index in [0.29, 0.717) is 12.0 Å². The molecule has 0 saturated heterocycles. The van der Waals surface area contributed by atoms with Crippen LogP contribution in [-0.4, -0.2) is 23.1 Å². The molecule has 0 aliphatic heterocycles. The van der Waals surface area contributed by atoms with Crippen molar-refractivity contribution < 1.29 is 19.4 Å². The summed E-state index contributed by atoms with van der Waals surface area (Å²) in [5, 5.41) is 9.00. The Hall–Kier alpha value is -2.10. The number of carboxylic acid groups (broad SMARTS) is 1. The molecule has 0 saturated carbocycles. The summed E-state index contributed by atoms with van der Waals surface area (Å²) in [5.41, 5.74) is 0.330. The number of esters is 1. The molecule has 1 atom stereocenters. The van der Waals surface area contributed by atoms with E-state index in [0.717, 1.165) is 19.3 Å². The molecule has 0 heterocycles. The van der Waals surface area contributed by atoms with Gasteiger partial charge in [-0.3, -0.25) is 0 Å². The second kappa shape index (κ2) is 8.15. The summed E-state index contributed by atoms with van der Waals surface area (Å²) in [6.07, 6.45) is 2.49. The summed E-state index contributed by atoms with van der Waals surface area (Å²) in [6, 6.07) is 8.53. The summed E-state index contributed by atoms with van der Waals surface area (Å²) >= 11 is 0. The van der Waals surface area contributed by atoms with Crippen molar-refractivity contribution in [3.05, 3.63) is 48.0 Å². The summed E-state index contributed by atoms with van der Waals surface area (Å²) in [4.78, 5) is 23.0. The highest BCUT2D eigenvalue weighted by Crippen LogP contribution is 2.16. The predicted molar refractivity (Wildman–Crippen MR) is 76.6 cm³/mol. The van der Waals surface area contributed by atoms with Crippen LogP contribution in [0.3, 0.4) is 0 Å². The Kier molecular flexibility index (Phi) is 6.50. The van der Waals surface area contributed by atoms with E-state index in [1.807, 2.05) is 0 Å². The first-order valence-electron chi connectivity index (χ1n) is 6.74. The molecule has 1 aromatic rings. The number of carboxylic acids is 1. The van der Waals surface area contributed by atoms with Crippen molar-refractivity contribution in [2.75, 3.05) is 0 Å². The number of rotatable bonds is 8. The van der Waals surface area contributed by atoms with Crippen LogP contribution in [0.15, 0.2) is 42.5 Å². The minimum atomic E-state index is -1.13. The Labute approximate surface area is 119 Å². The van der Waals surface area contributed by atoms with Gasteiger partial charge in [0.1, 0.15) is 6.10 Å². The zero-order chi connectivity index (χ0) is 15.0. The molecule has 0 aliphatic rings. The van der Waals surface area contributed by atoms with Gasteiger partial charge < -0.3 is 9.84 Å². The highest BCUT2D eigenvalue weighted by atomic mass is 16.5. The second-order valence-corrected chi connectivity index (χ2v) is 4.59. The minimum Gasteiger partial charge on any atom is -0.478 e.